The van der Waals surface area contributed by atoms with Crippen LogP contribution in [0.4, 0.5) is 0 Å². The highest BCUT2D eigenvalue weighted by atomic mass is 16.4. The minimum Gasteiger partial charge on any atom is -0.481 e. The van der Waals surface area contributed by atoms with E-state index in [0.717, 1.165) is 45.1 Å². The fraction of sp³-hybridized carbons (Fsp3) is 0.824. The first-order valence-electron chi connectivity index (χ1n) is 8.81. The molecular weight excluding hydrogens is 296 g/mol. The Morgan fingerprint density at radius 2 is 1.87 bits per heavy atom. The first kappa shape index (κ1) is 19.5. The van der Waals surface area contributed by atoms with Crippen molar-refractivity contribution in [2.75, 3.05) is 19.6 Å². The molecule has 2 amide bonds. The molecule has 2 N–H and O–H groups in total. The molecule has 1 aliphatic rings. The van der Waals surface area contributed by atoms with E-state index in [0.29, 0.717) is 25.9 Å². The van der Waals surface area contributed by atoms with Crippen molar-refractivity contribution in [3.8, 4) is 0 Å². The van der Waals surface area contributed by atoms with Gasteiger partial charge in [-0.2, -0.15) is 0 Å². The lowest BCUT2D eigenvalue weighted by Gasteiger charge is -2.32. The second kappa shape index (κ2) is 11.0. The Labute approximate surface area is 138 Å². The summed E-state index contributed by atoms with van der Waals surface area (Å²) in [4.78, 5) is 36.3. The van der Waals surface area contributed by atoms with E-state index in [1.807, 2.05) is 11.8 Å². The van der Waals surface area contributed by atoms with E-state index in [4.69, 9.17) is 5.11 Å². The average molecular weight is 326 g/mol. The molecule has 1 heterocycles. The number of piperidine rings is 1. The molecule has 0 spiro atoms. The van der Waals surface area contributed by atoms with E-state index < -0.39 is 5.97 Å². The standard InChI is InChI=1S/C17H30N2O4/c1-2-8-15(20)19-12-7-9-14(13-19)17(23)18-11-6-4-3-5-10-16(21)22/h14H,2-13H2,1H3,(H,18,23)(H,21,22). The summed E-state index contributed by atoms with van der Waals surface area (Å²) in [5.74, 6) is -0.637. The number of nitrogens with zero attached hydrogens (tertiary/aromatic N) is 1. The minimum atomic E-state index is -0.752. The second-order valence-electron chi connectivity index (χ2n) is 6.28. The van der Waals surface area contributed by atoms with Crippen LogP contribution in [0.2, 0.25) is 0 Å². The maximum atomic E-state index is 12.2. The average Bonchev–Trinajstić information content (AvgIpc) is 2.53. The van der Waals surface area contributed by atoms with E-state index in [-0.39, 0.29) is 24.2 Å². The third kappa shape index (κ3) is 8.00. The van der Waals surface area contributed by atoms with Crippen LogP contribution in [-0.4, -0.2) is 47.4 Å². The van der Waals surface area contributed by atoms with Crippen LogP contribution in [0.1, 0.15) is 64.7 Å². The van der Waals surface area contributed by atoms with Gasteiger partial charge in [-0.25, -0.2) is 0 Å². The number of carbonyl (C=O) groups is 3. The van der Waals surface area contributed by atoms with Gasteiger partial charge in [0.25, 0.3) is 0 Å². The quantitative estimate of drug-likeness (QED) is 0.602. The van der Waals surface area contributed by atoms with Crippen LogP contribution in [0.15, 0.2) is 0 Å². The van der Waals surface area contributed by atoms with Gasteiger partial charge in [0, 0.05) is 32.5 Å². The Balaban J connectivity index is 2.16. The molecule has 132 valence electrons. The Hall–Kier alpha value is -1.59. The molecule has 6 nitrogen and oxygen atoms in total. The highest BCUT2D eigenvalue weighted by molar-refractivity contribution is 5.81. The molecular formula is C17H30N2O4. The third-order valence-electron chi connectivity index (χ3n) is 4.23. The molecule has 1 rings (SSSR count). The van der Waals surface area contributed by atoms with E-state index in [1.54, 1.807) is 0 Å². The fourth-order valence-corrected chi connectivity index (χ4v) is 2.90. The molecule has 1 unspecified atom stereocenters. The predicted molar refractivity (Wildman–Crippen MR) is 87.9 cm³/mol. The minimum absolute atomic E-state index is 0.0459. The monoisotopic (exact) mass is 326 g/mol. The van der Waals surface area contributed by atoms with Gasteiger partial charge >= 0.3 is 5.97 Å². The van der Waals surface area contributed by atoms with E-state index in [9.17, 15) is 14.4 Å². The lowest BCUT2D eigenvalue weighted by Crippen LogP contribution is -2.45. The highest BCUT2D eigenvalue weighted by Crippen LogP contribution is 2.17. The summed E-state index contributed by atoms with van der Waals surface area (Å²) in [6.07, 6.45) is 6.74. The second-order valence-corrected chi connectivity index (χ2v) is 6.28. The molecule has 1 fully saturated rings. The van der Waals surface area contributed by atoms with Gasteiger partial charge in [0.15, 0.2) is 0 Å². The maximum absolute atomic E-state index is 12.2. The zero-order valence-electron chi connectivity index (χ0n) is 14.2. The van der Waals surface area contributed by atoms with E-state index in [1.165, 1.54) is 0 Å². The van der Waals surface area contributed by atoms with Gasteiger partial charge in [-0.1, -0.05) is 19.8 Å². The van der Waals surface area contributed by atoms with Gasteiger partial charge < -0.3 is 15.3 Å². The van der Waals surface area contributed by atoms with Crippen molar-refractivity contribution in [1.29, 1.82) is 0 Å². The molecule has 0 aliphatic carbocycles. The van der Waals surface area contributed by atoms with Gasteiger partial charge in [0.05, 0.1) is 5.92 Å². The number of amides is 2. The summed E-state index contributed by atoms with van der Waals surface area (Å²) in [5, 5.41) is 11.5. The summed E-state index contributed by atoms with van der Waals surface area (Å²) in [6.45, 7) is 3.93. The largest absolute Gasteiger partial charge is 0.481 e. The van der Waals surface area contributed by atoms with Gasteiger partial charge in [0.2, 0.25) is 11.8 Å². The van der Waals surface area contributed by atoms with Crippen molar-refractivity contribution in [3.05, 3.63) is 0 Å². The Bertz CT molecular complexity index is 398. The predicted octanol–water partition coefficient (Wildman–Crippen LogP) is 2.18. The Kier molecular flexibility index (Phi) is 9.33. The van der Waals surface area contributed by atoms with Gasteiger partial charge in [0.1, 0.15) is 0 Å². The van der Waals surface area contributed by atoms with Crippen molar-refractivity contribution in [2.45, 2.75) is 64.7 Å². The lowest BCUT2D eigenvalue weighted by atomic mass is 9.96. The number of hydrogen-bond donors (Lipinski definition) is 2. The van der Waals surface area contributed by atoms with E-state index >= 15 is 0 Å². The number of carboxylic acids is 1. The molecule has 23 heavy (non-hydrogen) atoms. The summed E-state index contributed by atoms with van der Waals surface area (Å²) in [5.41, 5.74) is 0. The molecule has 0 aromatic carbocycles. The van der Waals surface area contributed by atoms with Crippen molar-refractivity contribution in [2.24, 2.45) is 5.92 Å². The smallest absolute Gasteiger partial charge is 0.303 e. The number of aliphatic carboxylic acids is 1. The summed E-state index contributed by atoms with van der Waals surface area (Å²) >= 11 is 0. The van der Waals surface area contributed by atoms with Crippen LogP contribution in [0.5, 0.6) is 0 Å². The van der Waals surface area contributed by atoms with Crippen LogP contribution >= 0.6 is 0 Å². The molecule has 0 aromatic heterocycles. The summed E-state index contributed by atoms with van der Waals surface area (Å²) < 4.78 is 0. The maximum Gasteiger partial charge on any atom is 0.303 e. The topological polar surface area (TPSA) is 86.7 Å². The molecule has 0 bridgehead atoms. The SMILES string of the molecule is CCCC(=O)N1CCCC(C(=O)NCCCCCCC(=O)O)C1. The van der Waals surface area contributed by atoms with Crippen molar-refractivity contribution in [1.82, 2.24) is 10.2 Å². The number of unbranched alkanes of at least 4 members (excludes halogenated alkanes) is 3. The number of carbonyl (C=O) groups excluding carboxylic acids is 2. The summed E-state index contributed by atoms with van der Waals surface area (Å²) in [7, 11) is 0. The number of carboxylic acid groups (broad SMARTS) is 1. The van der Waals surface area contributed by atoms with Gasteiger partial charge in [-0.05, 0) is 32.1 Å². The highest BCUT2D eigenvalue weighted by Gasteiger charge is 2.27. The molecule has 1 saturated heterocycles. The third-order valence-corrected chi connectivity index (χ3v) is 4.23. The van der Waals surface area contributed by atoms with Crippen molar-refractivity contribution in [3.63, 3.8) is 0 Å². The zero-order valence-corrected chi connectivity index (χ0v) is 14.2. The Morgan fingerprint density at radius 3 is 2.57 bits per heavy atom. The molecule has 6 heteroatoms. The molecule has 0 saturated carbocycles. The first-order chi connectivity index (χ1) is 11.0. The van der Waals surface area contributed by atoms with Crippen molar-refractivity contribution < 1.29 is 19.5 Å². The molecule has 1 atom stereocenters. The van der Waals surface area contributed by atoms with Gasteiger partial charge in [-0.15, -0.1) is 0 Å². The zero-order chi connectivity index (χ0) is 17.1. The molecule has 0 radical (unpaired) electrons. The van der Waals surface area contributed by atoms with Crippen LogP contribution in [0.3, 0.4) is 0 Å². The number of likely N-dealkylation sites (tertiary alicyclic amines) is 1. The van der Waals surface area contributed by atoms with Crippen LogP contribution in [0, 0.1) is 5.92 Å². The number of nitrogens with one attached hydrogen (secondary N) is 1. The van der Waals surface area contributed by atoms with Crippen LogP contribution in [0.25, 0.3) is 0 Å². The Morgan fingerprint density at radius 1 is 1.13 bits per heavy atom. The summed E-state index contributed by atoms with van der Waals surface area (Å²) in [6, 6.07) is 0. The number of rotatable bonds is 10. The van der Waals surface area contributed by atoms with Crippen LogP contribution < -0.4 is 5.32 Å². The fourth-order valence-electron chi connectivity index (χ4n) is 2.90. The molecule has 1 aliphatic heterocycles. The van der Waals surface area contributed by atoms with Crippen molar-refractivity contribution >= 4 is 17.8 Å². The van der Waals surface area contributed by atoms with Crippen LogP contribution in [-0.2, 0) is 14.4 Å². The lowest BCUT2D eigenvalue weighted by molar-refractivity contribution is -0.137. The number of hydrogen-bond acceptors (Lipinski definition) is 3. The van der Waals surface area contributed by atoms with Gasteiger partial charge in [-0.3, -0.25) is 14.4 Å². The molecule has 0 aromatic rings. The normalized spacial score (nSPS) is 17.8. The van der Waals surface area contributed by atoms with E-state index in [2.05, 4.69) is 5.32 Å². The first-order valence-corrected chi connectivity index (χ1v) is 8.81.